The van der Waals surface area contributed by atoms with E-state index in [2.05, 4.69) is 22.4 Å². The first-order chi connectivity index (χ1) is 15.9. The molecule has 2 amide bonds. The summed E-state index contributed by atoms with van der Waals surface area (Å²) < 4.78 is 0. The third kappa shape index (κ3) is 5.88. The van der Waals surface area contributed by atoms with Gasteiger partial charge in [0.1, 0.15) is 5.75 Å². The Morgan fingerprint density at radius 1 is 1.03 bits per heavy atom. The monoisotopic (exact) mass is 444 g/mol. The van der Waals surface area contributed by atoms with Gasteiger partial charge < -0.3 is 10.4 Å². The minimum atomic E-state index is -0.577. The fraction of sp³-hybridized carbons (Fsp3) is 0.0417. The largest absolute Gasteiger partial charge is 0.507 e. The fourth-order valence-corrected chi connectivity index (χ4v) is 2.93. The molecular formula is C24H20N4O5. The fourth-order valence-electron chi connectivity index (χ4n) is 2.93. The Hall–Kier alpha value is -4.79. The lowest BCUT2D eigenvalue weighted by Crippen LogP contribution is -2.18. The van der Waals surface area contributed by atoms with Crippen LogP contribution in [-0.2, 0) is 6.42 Å². The number of nitrogens with zero attached hydrogens (tertiary/aromatic N) is 2. The van der Waals surface area contributed by atoms with E-state index in [9.17, 15) is 24.8 Å². The summed E-state index contributed by atoms with van der Waals surface area (Å²) >= 11 is 0. The van der Waals surface area contributed by atoms with Gasteiger partial charge in [-0.15, -0.1) is 6.58 Å². The number of rotatable bonds is 8. The standard InChI is InChI=1S/C24H20N4O5/c1-2-5-16-6-3-8-19(22(16)29)15-25-27-24(31)17-10-12-20(13-11-17)26-23(30)18-7-4-9-21(14-18)28(32)33/h2-4,6-15,29H,1,5H2,(H,26,30)(H,27,31). The van der Waals surface area contributed by atoms with E-state index in [0.29, 0.717) is 28.8 Å². The Kier molecular flexibility index (Phi) is 7.28. The molecule has 33 heavy (non-hydrogen) atoms. The van der Waals surface area contributed by atoms with Crippen LogP contribution in [0.2, 0.25) is 0 Å². The van der Waals surface area contributed by atoms with Crippen LogP contribution in [0.25, 0.3) is 0 Å². The predicted octanol–water partition coefficient (Wildman–Crippen LogP) is 4.05. The number of nitro benzene ring substituents is 1. The molecule has 9 nitrogen and oxygen atoms in total. The van der Waals surface area contributed by atoms with Crippen LogP contribution in [-0.4, -0.2) is 28.1 Å². The molecule has 0 fully saturated rings. The van der Waals surface area contributed by atoms with Crippen molar-refractivity contribution in [1.82, 2.24) is 5.43 Å². The van der Waals surface area contributed by atoms with E-state index < -0.39 is 16.7 Å². The summed E-state index contributed by atoms with van der Waals surface area (Å²) in [5, 5.41) is 27.6. The number of carbonyl (C=O) groups is 2. The summed E-state index contributed by atoms with van der Waals surface area (Å²) in [6, 6.07) is 16.6. The van der Waals surface area contributed by atoms with Gasteiger partial charge in [0.05, 0.1) is 11.1 Å². The summed E-state index contributed by atoms with van der Waals surface area (Å²) in [6.45, 7) is 3.64. The van der Waals surface area contributed by atoms with Gasteiger partial charge in [0, 0.05) is 34.5 Å². The maximum absolute atomic E-state index is 12.3. The number of phenolic OH excluding ortho intramolecular Hbond substituents is 1. The van der Waals surface area contributed by atoms with Crippen molar-refractivity contribution in [3.05, 3.63) is 112 Å². The van der Waals surface area contributed by atoms with Crippen LogP contribution < -0.4 is 10.7 Å². The van der Waals surface area contributed by atoms with Crippen molar-refractivity contribution in [3.8, 4) is 5.75 Å². The van der Waals surface area contributed by atoms with Crippen molar-refractivity contribution in [3.63, 3.8) is 0 Å². The molecule has 0 aliphatic heterocycles. The van der Waals surface area contributed by atoms with Crippen molar-refractivity contribution in [2.24, 2.45) is 5.10 Å². The zero-order valence-corrected chi connectivity index (χ0v) is 17.4. The maximum Gasteiger partial charge on any atom is 0.271 e. The molecule has 0 aliphatic carbocycles. The number of hydrogen-bond donors (Lipinski definition) is 3. The third-order valence-electron chi connectivity index (χ3n) is 4.61. The number of benzene rings is 3. The third-order valence-corrected chi connectivity index (χ3v) is 4.61. The Balaban J connectivity index is 1.61. The second kappa shape index (κ2) is 10.5. The molecule has 0 aliphatic rings. The Morgan fingerprint density at radius 3 is 2.45 bits per heavy atom. The van der Waals surface area contributed by atoms with Gasteiger partial charge >= 0.3 is 0 Å². The number of carbonyl (C=O) groups excluding carboxylic acids is 2. The highest BCUT2D eigenvalue weighted by Gasteiger charge is 2.12. The number of nitro groups is 1. The lowest BCUT2D eigenvalue weighted by molar-refractivity contribution is -0.384. The second-order valence-electron chi connectivity index (χ2n) is 6.89. The summed E-state index contributed by atoms with van der Waals surface area (Å²) in [4.78, 5) is 34.9. The van der Waals surface area contributed by atoms with E-state index in [1.54, 1.807) is 24.3 Å². The molecule has 9 heteroatoms. The minimum absolute atomic E-state index is 0.0687. The van der Waals surface area contributed by atoms with Crippen LogP contribution in [0.1, 0.15) is 31.8 Å². The summed E-state index contributed by atoms with van der Waals surface area (Å²) in [7, 11) is 0. The summed E-state index contributed by atoms with van der Waals surface area (Å²) in [6.07, 6.45) is 3.52. The van der Waals surface area contributed by atoms with Crippen LogP contribution in [0.4, 0.5) is 11.4 Å². The quantitative estimate of drug-likeness (QED) is 0.209. The average molecular weight is 444 g/mol. The summed E-state index contributed by atoms with van der Waals surface area (Å²) in [5.41, 5.74) is 4.19. The van der Waals surface area contributed by atoms with E-state index in [1.807, 2.05) is 0 Å². The molecule has 3 aromatic carbocycles. The number of aromatic hydroxyl groups is 1. The highest BCUT2D eigenvalue weighted by molar-refractivity contribution is 6.05. The molecule has 0 bridgehead atoms. The Labute approximate surface area is 189 Å². The van der Waals surface area contributed by atoms with Crippen LogP contribution in [0.15, 0.2) is 84.5 Å². The maximum atomic E-state index is 12.3. The van der Waals surface area contributed by atoms with Crippen LogP contribution in [0.3, 0.4) is 0 Å². The predicted molar refractivity (Wildman–Crippen MR) is 125 cm³/mol. The molecule has 3 aromatic rings. The van der Waals surface area contributed by atoms with Crippen molar-refractivity contribution in [2.45, 2.75) is 6.42 Å². The number of non-ortho nitro benzene ring substituents is 1. The SMILES string of the molecule is C=CCc1cccc(C=NNC(=O)c2ccc(NC(=O)c3cccc([N+](=O)[O-])c3)cc2)c1O. The number of phenols is 1. The highest BCUT2D eigenvalue weighted by atomic mass is 16.6. The smallest absolute Gasteiger partial charge is 0.271 e. The van der Waals surface area contributed by atoms with Gasteiger partial charge in [0.15, 0.2) is 0 Å². The molecule has 166 valence electrons. The Morgan fingerprint density at radius 2 is 1.76 bits per heavy atom. The number of nitrogens with one attached hydrogen (secondary N) is 2. The molecule has 0 unspecified atom stereocenters. The molecule has 0 spiro atoms. The molecule has 3 rings (SSSR count). The van der Waals surface area contributed by atoms with Crippen molar-refractivity contribution < 1.29 is 19.6 Å². The number of hydrazone groups is 1. The molecule has 0 radical (unpaired) electrons. The van der Waals surface area contributed by atoms with E-state index >= 15 is 0 Å². The van der Waals surface area contributed by atoms with Crippen molar-refractivity contribution >= 4 is 29.4 Å². The van der Waals surface area contributed by atoms with Gasteiger partial charge in [-0.1, -0.05) is 24.3 Å². The van der Waals surface area contributed by atoms with Gasteiger partial charge in [-0.2, -0.15) is 5.10 Å². The zero-order chi connectivity index (χ0) is 23.8. The normalized spacial score (nSPS) is 10.5. The molecule has 0 aromatic heterocycles. The lowest BCUT2D eigenvalue weighted by Gasteiger charge is -2.07. The summed E-state index contributed by atoms with van der Waals surface area (Å²) in [5.74, 6) is -0.928. The highest BCUT2D eigenvalue weighted by Crippen LogP contribution is 2.21. The molecule has 0 atom stereocenters. The lowest BCUT2D eigenvalue weighted by atomic mass is 10.1. The van der Waals surface area contributed by atoms with Crippen LogP contribution >= 0.6 is 0 Å². The van der Waals surface area contributed by atoms with Gasteiger partial charge in [0.25, 0.3) is 17.5 Å². The van der Waals surface area contributed by atoms with Gasteiger partial charge in [-0.05, 0) is 48.4 Å². The number of hydrogen-bond acceptors (Lipinski definition) is 6. The Bertz CT molecular complexity index is 1240. The van der Waals surface area contributed by atoms with E-state index in [-0.39, 0.29) is 17.0 Å². The van der Waals surface area contributed by atoms with Gasteiger partial charge in [-0.3, -0.25) is 19.7 Å². The topological polar surface area (TPSA) is 134 Å². The van der Waals surface area contributed by atoms with Crippen molar-refractivity contribution in [1.29, 1.82) is 0 Å². The first-order valence-electron chi connectivity index (χ1n) is 9.80. The first kappa shape index (κ1) is 22.9. The minimum Gasteiger partial charge on any atom is -0.507 e. The number of amides is 2. The van der Waals surface area contributed by atoms with E-state index in [0.717, 1.165) is 0 Å². The molecule has 0 saturated heterocycles. The number of allylic oxidation sites excluding steroid dienone is 1. The number of anilines is 1. The molecule has 0 saturated carbocycles. The first-order valence-corrected chi connectivity index (χ1v) is 9.80. The van der Waals surface area contributed by atoms with E-state index in [1.165, 1.54) is 54.7 Å². The average Bonchev–Trinajstić information content (AvgIpc) is 2.82. The second-order valence-corrected chi connectivity index (χ2v) is 6.89. The molecular weight excluding hydrogens is 424 g/mol. The van der Waals surface area contributed by atoms with Gasteiger partial charge in [-0.25, -0.2) is 5.43 Å². The molecule has 3 N–H and O–H groups in total. The molecule has 0 heterocycles. The van der Waals surface area contributed by atoms with Crippen molar-refractivity contribution in [2.75, 3.05) is 5.32 Å². The van der Waals surface area contributed by atoms with Crippen LogP contribution in [0.5, 0.6) is 5.75 Å². The van der Waals surface area contributed by atoms with Crippen LogP contribution in [0, 0.1) is 10.1 Å². The number of para-hydroxylation sites is 1. The van der Waals surface area contributed by atoms with E-state index in [4.69, 9.17) is 0 Å². The zero-order valence-electron chi connectivity index (χ0n) is 17.4. The van der Waals surface area contributed by atoms with Gasteiger partial charge in [0.2, 0.25) is 0 Å².